The molecular formula is C14H21N3O. The molecule has 98 valence electrons. The molecule has 2 rings (SSSR count). The number of amidine groups is 1. The molecule has 1 saturated heterocycles. The quantitative estimate of drug-likeness (QED) is 0.371. The predicted molar refractivity (Wildman–Crippen MR) is 72.7 cm³/mol. The third kappa shape index (κ3) is 2.82. The van der Waals surface area contributed by atoms with Crippen LogP contribution in [0.5, 0.6) is 0 Å². The highest BCUT2D eigenvalue weighted by Gasteiger charge is 2.22. The lowest BCUT2D eigenvalue weighted by atomic mass is 10.1. The number of nitrogens with zero attached hydrogens (tertiary/aromatic N) is 2. The normalized spacial score (nSPS) is 21.4. The topological polar surface area (TPSA) is 61.8 Å². The fraction of sp³-hybridized carbons (Fsp3) is 0.500. The molecule has 1 atom stereocenters. The molecule has 1 aromatic rings. The van der Waals surface area contributed by atoms with Gasteiger partial charge in [0.05, 0.1) is 0 Å². The van der Waals surface area contributed by atoms with Crippen LogP contribution in [-0.4, -0.2) is 28.5 Å². The van der Waals surface area contributed by atoms with Crippen molar-refractivity contribution in [2.24, 2.45) is 10.9 Å². The van der Waals surface area contributed by atoms with E-state index in [0.29, 0.717) is 0 Å². The Morgan fingerprint density at radius 3 is 2.78 bits per heavy atom. The van der Waals surface area contributed by atoms with Crippen LogP contribution in [0, 0.1) is 0 Å². The van der Waals surface area contributed by atoms with E-state index in [-0.39, 0.29) is 5.84 Å². The highest BCUT2D eigenvalue weighted by molar-refractivity contribution is 5.96. The maximum atomic E-state index is 8.61. The number of hydrogen-bond acceptors (Lipinski definition) is 3. The Balaban J connectivity index is 2.02. The number of nitrogens with two attached hydrogens (primary N) is 1. The Morgan fingerprint density at radius 1 is 1.44 bits per heavy atom. The van der Waals surface area contributed by atoms with E-state index in [1.807, 2.05) is 12.1 Å². The van der Waals surface area contributed by atoms with Gasteiger partial charge >= 0.3 is 0 Å². The number of hydrogen-bond donors (Lipinski definition) is 2. The van der Waals surface area contributed by atoms with Crippen LogP contribution in [0.3, 0.4) is 0 Å². The lowest BCUT2D eigenvalue weighted by Gasteiger charge is -2.23. The molecule has 0 saturated carbocycles. The van der Waals surface area contributed by atoms with Gasteiger partial charge in [0.1, 0.15) is 0 Å². The van der Waals surface area contributed by atoms with E-state index < -0.39 is 0 Å². The first kappa shape index (κ1) is 12.9. The van der Waals surface area contributed by atoms with Crippen LogP contribution in [0.1, 0.15) is 37.3 Å². The summed E-state index contributed by atoms with van der Waals surface area (Å²) in [6.45, 7) is 4.44. The lowest BCUT2D eigenvalue weighted by Crippen LogP contribution is -2.28. The average molecular weight is 247 g/mol. The van der Waals surface area contributed by atoms with Crippen molar-refractivity contribution in [3.05, 3.63) is 35.4 Å². The van der Waals surface area contributed by atoms with Crippen LogP contribution in [0.2, 0.25) is 0 Å². The van der Waals surface area contributed by atoms with Crippen LogP contribution < -0.4 is 5.73 Å². The Bertz CT molecular complexity index is 414. The zero-order valence-corrected chi connectivity index (χ0v) is 10.8. The summed E-state index contributed by atoms with van der Waals surface area (Å²) in [5.41, 5.74) is 7.58. The fourth-order valence-corrected chi connectivity index (χ4v) is 2.64. The molecule has 1 heterocycles. The summed E-state index contributed by atoms with van der Waals surface area (Å²) in [7, 11) is 0. The molecule has 0 bridgehead atoms. The molecule has 3 N–H and O–H groups in total. The zero-order chi connectivity index (χ0) is 13.0. The molecule has 18 heavy (non-hydrogen) atoms. The summed E-state index contributed by atoms with van der Waals surface area (Å²) in [4.78, 5) is 2.54. The van der Waals surface area contributed by atoms with Crippen LogP contribution >= 0.6 is 0 Å². The van der Waals surface area contributed by atoms with Gasteiger partial charge in [-0.1, -0.05) is 36.3 Å². The molecule has 1 fully saturated rings. The molecular weight excluding hydrogens is 226 g/mol. The number of rotatable bonds is 4. The molecule has 4 heteroatoms. The molecule has 0 radical (unpaired) electrons. The van der Waals surface area contributed by atoms with Crippen molar-refractivity contribution in [3.63, 3.8) is 0 Å². The van der Waals surface area contributed by atoms with Crippen molar-refractivity contribution in [1.82, 2.24) is 4.90 Å². The van der Waals surface area contributed by atoms with Gasteiger partial charge in [-0.3, -0.25) is 4.90 Å². The van der Waals surface area contributed by atoms with Crippen molar-refractivity contribution < 1.29 is 5.21 Å². The largest absolute Gasteiger partial charge is 0.409 e. The third-order valence-corrected chi connectivity index (χ3v) is 3.71. The summed E-state index contributed by atoms with van der Waals surface area (Å²) in [5, 5.41) is 11.6. The summed E-state index contributed by atoms with van der Waals surface area (Å²) in [5.74, 6) is 0.161. The summed E-state index contributed by atoms with van der Waals surface area (Å²) >= 11 is 0. The zero-order valence-electron chi connectivity index (χ0n) is 10.8. The van der Waals surface area contributed by atoms with Crippen molar-refractivity contribution >= 4 is 5.84 Å². The maximum Gasteiger partial charge on any atom is 0.170 e. The monoisotopic (exact) mass is 247 g/mol. The summed E-state index contributed by atoms with van der Waals surface area (Å²) in [6, 6.07) is 8.65. The molecule has 4 nitrogen and oxygen atoms in total. The van der Waals surface area contributed by atoms with Gasteiger partial charge in [0.15, 0.2) is 5.84 Å². The van der Waals surface area contributed by atoms with Crippen molar-refractivity contribution in [2.75, 3.05) is 6.54 Å². The number of benzene rings is 1. The second-order valence-corrected chi connectivity index (χ2v) is 4.86. The van der Waals surface area contributed by atoms with Crippen LogP contribution in [0.4, 0.5) is 0 Å². The smallest absolute Gasteiger partial charge is 0.170 e. The lowest BCUT2D eigenvalue weighted by molar-refractivity contribution is 0.240. The number of oxime groups is 1. The fourth-order valence-electron chi connectivity index (χ4n) is 2.64. The minimum absolute atomic E-state index is 0.161. The number of likely N-dealkylation sites (tertiary alicyclic amines) is 1. The first-order chi connectivity index (χ1) is 8.74. The Kier molecular flexibility index (Phi) is 4.20. The van der Waals surface area contributed by atoms with E-state index in [1.54, 1.807) is 0 Å². The predicted octanol–water partition coefficient (Wildman–Crippen LogP) is 2.16. The third-order valence-electron chi connectivity index (χ3n) is 3.71. The molecule has 1 unspecified atom stereocenters. The van der Waals surface area contributed by atoms with Crippen molar-refractivity contribution in [2.45, 2.75) is 38.8 Å². The van der Waals surface area contributed by atoms with Crippen molar-refractivity contribution in [3.8, 4) is 0 Å². The molecule has 1 aromatic carbocycles. The molecule has 0 spiro atoms. The van der Waals surface area contributed by atoms with Gasteiger partial charge in [0, 0.05) is 18.2 Å². The first-order valence-corrected chi connectivity index (χ1v) is 6.55. The highest BCUT2D eigenvalue weighted by atomic mass is 16.4. The van der Waals surface area contributed by atoms with E-state index in [9.17, 15) is 0 Å². The van der Waals surface area contributed by atoms with E-state index >= 15 is 0 Å². The second-order valence-electron chi connectivity index (χ2n) is 4.86. The van der Waals surface area contributed by atoms with E-state index in [2.05, 4.69) is 29.1 Å². The highest BCUT2D eigenvalue weighted by Crippen LogP contribution is 2.22. The molecule has 1 aliphatic heterocycles. The summed E-state index contributed by atoms with van der Waals surface area (Å²) < 4.78 is 0. The van der Waals surface area contributed by atoms with Crippen molar-refractivity contribution in [1.29, 1.82) is 0 Å². The maximum absolute atomic E-state index is 8.61. The standard InChI is InChI=1S/C14H21N3O/c1-2-13-4-3-9-17(13)10-11-5-7-12(8-6-11)14(15)16-18/h5-8,13,18H,2-4,9-10H2,1H3,(H2,15,16). The molecule has 0 aliphatic carbocycles. The van der Waals surface area contributed by atoms with E-state index in [1.165, 1.54) is 31.4 Å². The molecule has 1 aliphatic rings. The Morgan fingerprint density at radius 2 is 2.17 bits per heavy atom. The van der Waals surface area contributed by atoms with Gasteiger partial charge in [0.2, 0.25) is 0 Å². The van der Waals surface area contributed by atoms with E-state index in [4.69, 9.17) is 10.9 Å². The van der Waals surface area contributed by atoms with Crippen LogP contribution in [-0.2, 0) is 6.54 Å². The second kappa shape index (κ2) is 5.87. The summed E-state index contributed by atoms with van der Waals surface area (Å²) in [6.07, 6.45) is 3.85. The van der Waals surface area contributed by atoms with Gasteiger partial charge in [-0.25, -0.2) is 0 Å². The minimum Gasteiger partial charge on any atom is -0.409 e. The SMILES string of the molecule is CCC1CCCN1Cc1ccc(/C(N)=N/O)cc1. The van der Waals surface area contributed by atoms with Gasteiger partial charge < -0.3 is 10.9 Å². The minimum atomic E-state index is 0.161. The van der Waals surface area contributed by atoms with Gasteiger partial charge in [-0.15, -0.1) is 0 Å². The van der Waals surface area contributed by atoms with Gasteiger partial charge in [0.25, 0.3) is 0 Å². The van der Waals surface area contributed by atoms with Crippen LogP contribution in [0.25, 0.3) is 0 Å². The van der Waals surface area contributed by atoms with E-state index in [0.717, 1.165) is 18.2 Å². The first-order valence-electron chi connectivity index (χ1n) is 6.55. The van der Waals surface area contributed by atoms with Gasteiger partial charge in [-0.05, 0) is 31.4 Å². The van der Waals surface area contributed by atoms with Crippen LogP contribution in [0.15, 0.2) is 29.4 Å². The Hall–Kier alpha value is -1.55. The average Bonchev–Trinajstić information content (AvgIpc) is 2.86. The van der Waals surface area contributed by atoms with Gasteiger partial charge in [-0.2, -0.15) is 0 Å². The molecule has 0 amide bonds. The Labute approximate surface area is 108 Å². The molecule has 0 aromatic heterocycles.